The third-order valence-corrected chi connectivity index (χ3v) is 5.29. The number of nitrogens with one attached hydrogen (secondary N) is 1. The van der Waals surface area contributed by atoms with E-state index in [9.17, 15) is 9.18 Å². The van der Waals surface area contributed by atoms with Crippen LogP contribution < -0.4 is 5.32 Å². The maximum absolute atomic E-state index is 13.1. The van der Waals surface area contributed by atoms with Crippen molar-refractivity contribution in [2.75, 3.05) is 20.1 Å². The number of hydrogen-bond acceptors (Lipinski definition) is 3. The van der Waals surface area contributed by atoms with Crippen molar-refractivity contribution in [1.29, 1.82) is 0 Å². The first-order valence-electron chi connectivity index (χ1n) is 9.33. The zero-order chi connectivity index (χ0) is 18.8. The average Bonchev–Trinajstić information content (AvgIpc) is 3.27. The van der Waals surface area contributed by atoms with E-state index in [0.29, 0.717) is 18.2 Å². The summed E-state index contributed by atoms with van der Waals surface area (Å²) in [6, 6.07) is 10.4. The number of imidazole rings is 1. The van der Waals surface area contributed by atoms with Gasteiger partial charge in [0.25, 0.3) is 5.91 Å². The van der Waals surface area contributed by atoms with Crippen LogP contribution in [0.2, 0.25) is 0 Å². The van der Waals surface area contributed by atoms with Gasteiger partial charge in [0.1, 0.15) is 11.5 Å². The largest absolute Gasteiger partial charge is 0.352 e. The van der Waals surface area contributed by atoms with Crippen molar-refractivity contribution >= 4 is 11.6 Å². The molecule has 0 radical (unpaired) electrons. The molecule has 2 aromatic heterocycles. The first kappa shape index (κ1) is 17.7. The van der Waals surface area contributed by atoms with Crippen LogP contribution in [0.25, 0.3) is 16.9 Å². The van der Waals surface area contributed by atoms with E-state index in [1.54, 1.807) is 24.4 Å². The van der Waals surface area contributed by atoms with Gasteiger partial charge in [-0.15, -0.1) is 0 Å². The summed E-state index contributed by atoms with van der Waals surface area (Å²) in [6.07, 6.45) is 7.06. The summed E-state index contributed by atoms with van der Waals surface area (Å²) in [5.74, 6) is -0.347. The molecule has 0 bridgehead atoms. The Morgan fingerprint density at radius 1 is 1.22 bits per heavy atom. The second-order valence-corrected chi connectivity index (χ2v) is 7.14. The number of hydrogen-bond donors (Lipinski definition) is 1. The Hall–Kier alpha value is -2.73. The Morgan fingerprint density at radius 2 is 2.04 bits per heavy atom. The SMILES string of the molecule is CN1CCC[C@@H]1CCNC(=O)c1ccc2nc(-c3ccc(F)cc3)cn2c1. The number of benzene rings is 1. The normalized spacial score (nSPS) is 17.5. The predicted molar refractivity (Wildman–Crippen MR) is 103 cm³/mol. The standard InChI is InChI=1S/C21H23FN4O/c1-25-12-2-3-18(25)10-11-23-21(27)16-6-9-20-24-19(14-26(20)13-16)15-4-7-17(22)8-5-15/h4-9,13-14,18H,2-3,10-12H2,1H3,(H,23,27)/t18-/m1/s1. The lowest BCUT2D eigenvalue weighted by Gasteiger charge is -2.19. The van der Waals surface area contributed by atoms with E-state index in [1.165, 1.54) is 25.0 Å². The van der Waals surface area contributed by atoms with Crippen LogP contribution in [0.3, 0.4) is 0 Å². The number of likely N-dealkylation sites (tertiary alicyclic amines) is 1. The molecule has 1 fully saturated rings. The summed E-state index contributed by atoms with van der Waals surface area (Å²) in [6.45, 7) is 1.82. The monoisotopic (exact) mass is 366 g/mol. The molecular weight excluding hydrogens is 343 g/mol. The van der Waals surface area contributed by atoms with Gasteiger partial charge in [-0.25, -0.2) is 9.37 Å². The van der Waals surface area contributed by atoms with Gasteiger partial charge < -0.3 is 14.6 Å². The molecule has 1 N–H and O–H groups in total. The van der Waals surface area contributed by atoms with Crippen molar-refractivity contribution in [1.82, 2.24) is 19.6 Å². The highest BCUT2D eigenvalue weighted by molar-refractivity contribution is 5.94. The number of fused-ring (bicyclic) bond motifs is 1. The van der Waals surface area contributed by atoms with Crippen LogP contribution in [-0.4, -0.2) is 46.4 Å². The number of nitrogens with zero attached hydrogens (tertiary/aromatic N) is 3. The van der Waals surface area contributed by atoms with E-state index in [0.717, 1.165) is 29.9 Å². The van der Waals surface area contributed by atoms with Crippen molar-refractivity contribution in [2.45, 2.75) is 25.3 Å². The molecule has 0 spiro atoms. The first-order valence-corrected chi connectivity index (χ1v) is 9.33. The number of carbonyl (C=O) groups excluding carboxylic acids is 1. The van der Waals surface area contributed by atoms with Crippen LogP contribution in [0.5, 0.6) is 0 Å². The molecule has 0 aliphatic carbocycles. The predicted octanol–water partition coefficient (Wildman–Crippen LogP) is 3.35. The van der Waals surface area contributed by atoms with E-state index in [1.807, 2.05) is 16.7 Å². The fourth-order valence-corrected chi connectivity index (χ4v) is 3.68. The Balaban J connectivity index is 1.44. The molecule has 3 aromatic rings. The van der Waals surface area contributed by atoms with Gasteiger partial charge in [0.05, 0.1) is 11.3 Å². The molecule has 1 amide bonds. The molecule has 1 aliphatic rings. The molecule has 27 heavy (non-hydrogen) atoms. The number of carbonyl (C=O) groups is 1. The highest BCUT2D eigenvalue weighted by Gasteiger charge is 2.20. The highest BCUT2D eigenvalue weighted by atomic mass is 19.1. The Kier molecular flexibility index (Phi) is 4.90. The van der Waals surface area contributed by atoms with Crippen LogP contribution in [0.15, 0.2) is 48.8 Å². The Morgan fingerprint density at radius 3 is 2.78 bits per heavy atom. The van der Waals surface area contributed by atoms with Gasteiger partial charge in [0.15, 0.2) is 0 Å². The smallest absolute Gasteiger partial charge is 0.252 e. The van der Waals surface area contributed by atoms with Crippen molar-refractivity contribution in [3.63, 3.8) is 0 Å². The van der Waals surface area contributed by atoms with Gasteiger partial charge in [-0.2, -0.15) is 0 Å². The van der Waals surface area contributed by atoms with Crippen LogP contribution in [0, 0.1) is 5.82 Å². The molecule has 0 saturated carbocycles. The summed E-state index contributed by atoms with van der Waals surface area (Å²) < 4.78 is 14.9. The van der Waals surface area contributed by atoms with Gasteiger partial charge in [0.2, 0.25) is 0 Å². The van der Waals surface area contributed by atoms with Gasteiger partial charge in [0, 0.05) is 30.5 Å². The summed E-state index contributed by atoms with van der Waals surface area (Å²) in [7, 11) is 2.14. The van der Waals surface area contributed by atoms with E-state index < -0.39 is 0 Å². The highest BCUT2D eigenvalue weighted by Crippen LogP contribution is 2.20. The molecule has 1 aromatic carbocycles. The molecule has 6 heteroatoms. The summed E-state index contributed by atoms with van der Waals surface area (Å²) in [4.78, 5) is 19.4. The summed E-state index contributed by atoms with van der Waals surface area (Å²) in [5.41, 5.74) is 2.94. The molecule has 5 nitrogen and oxygen atoms in total. The van der Waals surface area contributed by atoms with Crippen molar-refractivity contribution in [3.05, 3.63) is 60.2 Å². The molecule has 1 saturated heterocycles. The zero-order valence-electron chi connectivity index (χ0n) is 15.4. The fourth-order valence-electron chi connectivity index (χ4n) is 3.68. The van der Waals surface area contributed by atoms with Gasteiger partial charge in [-0.05, 0) is 69.3 Å². The van der Waals surface area contributed by atoms with E-state index in [2.05, 4.69) is 22.2 Å². The van der Waals surface area contributed by atoms with Crippen LogP contribution >= 0.6 is 0 Å². The molecule has 1 aliphatic heterocycles. The van der Waals surface area contributed by atoms with E-state index >= 15 is 0 Å². The van der Waals surface area contributed by atoms with Gasteiger partial charge in [-0.3, -0.25) is 4.79 Å². The zero-order valence-corrected chi connectivity index (χ0v) is 15.4. The Bertz CT molecular complexity index is 950. The molecular formula is C21H23FN4O. The molecule has 140 valence electrons. The Labute approximate surface area is 157 Å². The van der Waals surface area contributed by atoms with E-state index in [4.69, 9.17) is 0 Å². The number of rotatable bonds is 5. The lowest BCUT2D eigenvalue weighted by atomic mass is 10.1. The van der Waals surface area contributed by atoms with Crippen molar-refractivity contribution in [3.8, 4) is 11.3 Å². The molecule has 0 unspecified atom stereocenters. The lowest BCUT2D eigenvalue weighted by Crippen LogP contribution is -2.31. The number of aromatic nitrogens is 2. The molecule has 1 atom stereocenters. The van der Waals surface area contributed by atoms with Gasteiger partial charge >= 0.3 is 0 Å². The minimum Gasteiger partial charge on any atom is -0.352 e. The summed E-state index contributed by atoms with van der Waals surface area (Å²) in [5, 5.41) is 3.01. The fraction of sp³-hybridized carbons (Fsp3) is 0.333. The van der Waals surface area contributed by atoms with Gasteiger partial charge in [-0.1, -0.05) is 0 Å². The number of pyridine rings is 1. The first-order chi connectivity index (χ1) is 13.1. The minimum absolute atomic E-state index is 0.0745. The van der Waals surface area contributed by atoms with Crippen LogP contribution in [0.1, 0.15) is 29.6 Å². The second-order valence-electron chi connectivity index (χ2n) is 7.14. The number of amides is 1. The maximum Gasteiger partial charge on any atom is 0.252 e. The van der Waals surface area contributed by atoms with Crippen molar-refractivity contribution in [2.24, 2.45) is 0 Å². The van der Waals surface area contributed by atoms with Crippen LogP contribution in [-0.2, 0) is 0 Å². The maximum atomic E-state index is 13.1. The van der Waals surface area contributed by atoms with Crippen LogP contribution in [0.4, 0.5) is 4.39 Å². The third-order valence-electron chi connectivity index (χ3n) is 5.29. The minimum atomic E-state index is -0.273. The van der Waals surface area contributed by atoms with Crippen molar-refractivity contribution < 1.29 is 9.18 Å². The van der Waals surface area contributed by atoms with E-state index in [-0.39, 0.29) is 11.7 Å². The molecule has 3 heterocycles. The summed E-state index contributed by atoms with van der Waals surface area (Å²) >= 11 is 0. The molecule has 4 rings (SSSR count). The third kappa shape index (κ3) is 3.85. The quantitative estimate of drug-likeness (QED) is 0.753. The lowest BCUT2D eigenvalue weighted by molar-refractivity contribution is 0.0950. The topological polar surface area (TPSA) is 49.6 Å². The average molecular weight is 366 g/mol. The second kappa shape index (κ2) is 7.48. The number of halogens is 1.